The summed E-state index contributed by atoms with van der Waals surface area (Å²) in [6.45, 7) is 5.69. The minimum atomic E-state index is -0.460. The molecule has 1 aliphatic heterocycles. The second kappa shape index (κ2) is 8.58. The minimum Gasteiger partial charge on any atom is -0.452 e. The number of hydrogen-bond donors (Lipinski definition) is 2. The smallest absolute Gasteiger partial charge is 0.338 e. The number of nitrogens with zero attached hydrogens (tertiary/aromatic N) is 1. The van der Waals surface area contributed by atoms with E-state index in [4.69, 9.17) is 15.3 Å². The highest BCUT2D eigenvalue weighted by molar-refractivity contribution is 5.99. The maximum atomic E-state index is 12.6. The van der Waals surface area contributed by atoms with E-state index < -0.39 is 6.10 Å². The normalized spacial score (nSPS) is 26.8. The first-order valence-corrected chi connectivity index (χ1v) is 10.5. The fourth-order valence-electron chi connectivity index (χ4n) is 4.11. The van der Waals surface area contributed by atoms with E-state index in [0.717, 1.165) is 6.42 Å². The average Bonchev–Trinajstić information content (AvgIpc) is 3.55. The van der Waals surface area contributed by atoms with Crippen LogP contribution < -0.4 is 11.2 Å². The third-order valence-electron chi connectivity index (χ3n) is 6.06. The molecule has 1 spiro atoms. The van der Waals surface area contributed by atoms with Crippen molar-refractivity contribution in [3.05, 3.63) is 71.3 Å². The molecule has 2 aromatic rings. The first-order valence-electron chi connectivity index (χ1n) is 10.5. The first kappa shape index (κ1) is 20.6. The summed E-state index contributed by atoms with van der Waals surface area (Å²) in [4.78, 5) is 12.6. The van der Waals surface area contributed by atoms with Gasteiger partial charge >= 0.3 is 5.97 Å². The molecule has 3 unspecified atom stereocenters. The molecule has 2 aliphatic rings. The number of ether oxygens (including phenoxy) is 2. The summed E-state index contributed by atoms with van der Waals surface area (Å²) in [7, 11) is 0. The molecule has 1 saturated carbocycles. The van der Waals surface area contributed by atoms with Gasteiger partial charge in [-0.05, 0) is 42.0 Å². The molecule has 6 nitrogen and oxygen atoms in total. The molecule has 1 heterocycles. The Balaban J connectivity index is 1.46. The Kier molecular flexibility index (Phi) is 5.88. The molecule has 2 fully saturated rings. The van der Waals surface area contributed by atoms with E-state index in [1.807, 2.05) is 18.2 Å². The van der Waals surface area contributed by atoms with Crippen LogP contribution in [0.25, 0.3) is 0 Å². The van der Waals surface area contributed by atoms with Crippen LogP contribution in [0.1, 0.15) is 54.1 Å². The number of carbonyl (C=O) groups excluding carboxylic acids is 1. The lowest BCUT2D eigenvalue weighted by Gasteiger charge is -2.35. The van der Waals surface area contributed by atoms with E-state index >= 15 is 0 Å². The first-order chi connectivity index (χ1) is 14.5. The number of epoxide rings is 1. The van der Waals surface area contributed by atoms with Crippen LogP contribution in [0.4, 0.5) is 0 Å². The molecule has 0 aromatic heterocycles. The summed E-state index contributed by atoms with van der Waals surface area (Å²) in [6, 6.07) is 17.4. The number of esters is 1. The van der Waals surface area contributed by atoms with Crippen molar-refractivity contribution in [1.82, 2.24) is 5.32 Å². The number of nitrogens with one attached hydrogen (secondary N) is 1. The molecule has 4 rings (SSSR count). The van der Waals surface area contributed by atoms with Crippen LogP contribution in [-0.4, -0.2) is 36.0 Å². The van der Waals surface area contributed by atoms with E-state index in [9.17, 15) is 4.79 Å². The molecule has 3 N–H and O–H groups in total. The lowest BCUT2D eigenvalue weighted by Crippen LogP contribution is -2.57. The molecule has 1 saturated heterocycles. The van der Waals surface area contributed by atoms with Crippen LogP contribution in [0.15, 0.2) is 59.7 Å². The molecule has 0 radical (unpaired) electrons. The van der Waals surface area contributed by atoms with Gasteiger partial charge < -0.3 is 20.6 Å². The zero-order valence-corrected chi connectivity index (χ0v) is 17.5. The standard InChI is InChI=1S/C24H29N3O3/c1-16(2)18-10-8-17(9-11-18)14-26-22-21(27-25)20(12-13-24(22)15-29-24)30-23(28)19-6-4-3-5-7-19/h3-11,16,20,22,26H,12-15,25H2,1-2H3/b27-21+. The van der Waals surface area contributed by atoms with Gasteiger partial charge in [-0.2, -0.15) is 5.10 Å². The quantitative estimate of drug-likeness (QED) is 0.332. The number of benzene rings is 2. The van der Waals surface area contributed by atoms with Gasteiger partial charge in [-0.3, -0.25) is 0 Å². The van der Waals surface area contributed by atoms with E-state index in [0.29, 0.717) is 36.8 Å². The van der Waals surface area contributed by atoms with E-state index in [1.165, 1.54) is 11.1 Å². The van der Waals surface area contributed by atoms with Crippen LogP contribution in [0, 0.1) is 0 Å². The van der Waals surface area contributed by atoms with Gasteiger partial charge in [0.1, 0.15) is 11.7 Å². The van der Waals surface area contributed by atoms with Crippen molar-refractivity contribution in [2.24, 2.45) is 10.9 Å². The van der Waals surface area contributed by atoms with E-state index in [2.05, 4.69) is 48.5 Å². The third-order valence-corrected chi connectivity index (χ3v) is 6.06. The summed E-state index contributed by atoms with van der Waals surface area (Å²) in [5.41, 5.74) is 3.35. The van der Waals surface area contributed by atoms with Crippen molar-refractivity contribution in [2.45, 2.75) is 56.9 Å². The van der Waals surface area contributed by atoms with Crippen LogP contribution in [0.3, 0.4) is 0 Å². The van der Waals surface area contributed by atoms with Crippen molar-refractivity contribution in [1.29, 1.82) is 0 Å². The highest BCUT2D eigenvalue weighted by atomic mass is 16.6. The number of hydrazone groups is 1. The second-order valence-corrected chi connectivity index (χ2v) is 8.42. The monoisotopic (exact) mass is 407 g/mol. The number of rotatable bonds is 6. The molecule has 6 heteroatoms. The van der Waals surface area contributed by atoms with Crippen molar-refractivity contribution in [3.63, 3.8) is 0 Å². The third kappa shape index (κ3) is 4.25. The van der Waals surface area contributed by atoms with Gasteiger partial charge in [-0.15, -0.1) is 0 Å². The molecule has 1 aliphatic carbocycles. The summed E-state index contributed by atoms with van der Waals surface area (Å²) < 4.78 is 11.6. The Morgan fingerprint density at radius 2 is 1.93 bits per heavy atom. The minimum absolute atomic E-state index is 0.186. The molecular weight excluding hydrogens is 378 g/mol. The van der Waals surface area contributed by atoms with Crippen LogP contribution in [-0.2, 0) is 16.0 Å². The molecule has 158 valence electrons. The Hall–Kier alpha value is -2.70. The maximum Gasteiger partial charge on any atom is 0.338 e. The van der Waals surface area contributed by atoms with Gasteiger partial charge in [0.2, 0.25) is 0 Å². The fraction of sp³-hybridized carbons (Fsp3) is 0.417. The Morgan fingerprint density at radius 3 is 2.53 bits per heavy atom. The molecule has 30 heavy (non-hydrogen) atoms. The fourth-order valence-corrected chi connectivity index (χ4v) is 4.11. The molecule has 0 amide bonds. The topological polar surface area (TPSA) is 89.2 Å². The lowest BCUT2D eigenvalue weighted by molar-refractivity contribution is 0.0354. The zero-order chi connectivity index (χ0) is 21.1. The lowest BCUT2D eigenvalue weighted by atomic mass is 9.81. The summed E-state index contributed by atoms with van der Waals surface area (Å²) in [6.07, 6.45) is 0.983. The van der Waals surface area contributed by atoms with Gasteiger partial charge in [0.15, 0.2) is 0 Å². The number of nitrogens with two attached hydrogens (primary N) is 1. The molecule has 0 bridgehead atoms. The van der Waals surface area contributed by atoms with Gasteiger partial charge in [0.25, 0.3) is 0 Å². The molecular formula is C24H29N3O3. The predicted octanol–water partition coefficient (Wildman–Crippen LogP) is 3.37. The number of hydrogen-bond acceptors (Lipinski definition) is 6. The van der Waals surface area contributed by atoms with Gasteiger partial charge in [-0.25, -0.2) is 4.79 Å². The van der Waals surface area contributed by atoms with E-state index in [-0.39, 0.29) is 17.6 Å². The van der Waals surface area contributed by atoms with Crippen molar-refractivity contribution in [3.8, 4) is 0 Å². The highest BCUT2D eigenvalue weighted by Crippen LogP contribution is 2.42. The highest BCUT2D eigenvalue weighted by Gasteiger charge is 2.58. The zero-order valence-electron chi connectivity index (χ0n) is 17.5. The summed E-state index contributed by atoms with van der Waals surface area (Å²) >= 11 is 0. The second-order valence-electron chi connectivity index (χ2n) is 8.42. The molecule has 2 aromatic carbocycles. The van der Waals surface area contributed by atoms with E-state index in [1.54, 1.807) is 12.1 Å². The maximum absolute atomic E-state index is 12.6. The predicted molar refractivity (Wildman–Crippen MR) is 116 cm³/mol. The Morgan fingerprint density at radius 1 is 1.23 bits per heavy atom. The van der Waals surface area contributed by atoms with Gasteiger partial charge in [-0.1, -0.05) is 56.3 Å². The largest absolute Gasteiger partial charge is 0.452 e. The Labute approximate surface area is 177 Å². The van der Waals surface area contributed by atoms with Crippen LogP contribution in [0.5, 0.6) is 0 Å². The van der Waals surface area contributed by atoms with Crippen LogP contribution in [0.2, 0.25) is 0 Å². The number of carbonyl (C=O) groups is 1. The molecule has 3 atom stereocenters. The van der Waals surface area contributed by atoms with Gasteiger partial charge in [0, 0.05) is 6.54 Å². The van der Waals surface area contributed by atoms with Gasteiger partial charge in [0.05, 0.1) is 23.9 Å². The van der Waals surface area contributed by atoms with Crippen molar-refractivity contribution in [2.75, 3.05) is 6.61 Å². The van der Waals surface area contributed by atoms with Crippen molar-refractivity contribution < 1.29 is 14.3 Å². The summed E-state index contributed by atoms with van der Waals surface area (Å²) in [5, 5.41) is 7.60. The SMILES string of the molecule is CC(C)c1ccc(CNC2/C(=N/N)C(OC(=O)c3ccccc3)CCC23CO3)cc1. The average molecular weight is 408 g/mol. The Bertz CT molecular complexity index is 905. The van der Waals surface area contributed by atoms with Crippen LogP contribution >= 0.6 is 0 Å². The van der Waals surface area contributed by atoms with Crippen molar-refractivity contribution >= 4 is 11.7 Å². The summed E-state index contributed by atoms with van der Waals surface area (Å²) in [5.74, 6) is 5.91.